The molecule has 4 rings (SSSR count). The van der Waals surface area contributed by atoms with Crippen LogP contribution in [0.2, 0.25) is 0 Å². The van der Waals surface area contributed by atoms with Crippen molar-refractivity contribution in [1.82, 2.24) is 9.88 Å². The zero-order valence-electron chi connectivity index (χ0n) is 14.1. The number of amides is 2. The number of hydrogen-bond acceptors (Lipinski definition) is 5. The Labute approximate surface area is 158 Å². The molecule has 0 radical (unpaired) electrons. The molecule has 1 aliphatic heterocycles. The number of thiazole rings is 1. The number of hydrogen-bond donors (Lipinski definition) is 2. The van der Waals surface area contributed by atoms with Crippen LogP contribution in [0.5, 0.6) is 0 Å². The highest BCUT2D eigenvalue weighted by atomic mass is 32.1. The summed E-state index contributed by atoms with van der Waals surface area (Å²) in [5.74, 6) is -0.832. The van der Waals surface area contributed by atoms with E-state index in [1.165, 1.54) is 28.4 Å². The molecule has 0 fully saturated rings. The first-order chi connectivity index (χ1) is 13.1. The van der Waals surface area contributed by atoms with E-state index in [2.05, 4.69) is 15.6 Å². The van der Waals surface area contributed by atoms with Crippen molar-refractivity contribution >= 4 is 39.7 Å². The third kappa shape index (κ3) is 3.80. The average Bonchev–Trinajstić information content (AvgIpc) is 3.24. The van der Waals surface area contributed by atoms with Crippen molar-refractivity contribution in [3.63, 3.8) is 0 Å². The van der Waals surface area contributed by atoms with Crippen molar-refractivity contribution in [1.29, 1.82) is 0 Å². The fourth-order valence-electron chi connectivity index (χ4n) is 2.92. The normalized spacial score (nSPS) is 12.8. The minimum atomic E-state index is -0.338. The number of aromatic nitrogens is 1. The van der Waals surface area contributed by atoms with Crippen LogP contribution in [0.1, 0.15) is 15.9 Å². The molecule has 0 aliphatic carbocycles. The van der Waals surface area contributed by atoms with Gasteiger partial charge in [-0.2, -0.15) is 0 Å². The standard InChI is InChI=1S/C19H15FN4O2S/c20-13-2-1-3-14(8-13)22-15-5-4-12-10-24(18(26)16(12)9-15)11-17(25)23-19-21-6-7-27-19/h1-9,22H,10-11H2,(H,21,23,25). The molecule has 2 amide bonds. The molecule has 0 atom stereocenters. The average molecular weight is 382 g/mol. The van der Waals surface area contributed by atoms with E-state index in [1.807, 2.05) is 12.1 Å². The Kier molecular flexibility index (Phi) is 4.55. The van der Waals surface area contributed by atoms with Crippen molar-refractivity contribution < 1.29 is 14.0 Å². The van der Waals surface area contributed by atoms with E-state index in [0.29, 0.717) is 28.6 Å². The van der Waals surface area contributed by atoms with Crippen LogP contribution in [0, 0.1) is 5.82 Å². The molecular weight excluding hydrogens is 367 g/mol. The molecule has 0 spiro atoms. The molecule has 27 heavy (non-hydrogen) atoms. The number of rotatable bonds is 5. The summed E-state index contributed by atoms with van der Waals surface area (Å²) in [6.45, 7) is 0.333. The van der Waals surface area contributed by atoms with Gasteiger partial charge in [0, 0.05) is 35.1 Å². The van der Waals surface area contributed by atoms with Crippen molar-refractivity contribution in [3.05, 3.63) is 71.0 Å². The predicted molar refractivity (Wildman–Crippen MR) is 102 cm³/mol. The second-order valence-corrected chi connectivity index (χ2v) is 6.95. The van der Waals surface area contributed by atoms with Gasteiger partial charge >= 0.3 is 0 Å². The number of nitrogens with one attached hydrogen (secondary N) is 2. The largest absolute Gasteiger partial charge is 0.355 e. The maximum Gasteiger partial charge on any atom is 0.255 e. The number of fused-ring (bicyclic) bond motifs is 1. The lowest BCUT2D eigenvalue weighted by atomic mass is 10.1. The minimum Gasteiger partial charge on any atom is -0.355 e. The van der Waals surface area contributed by atoms with Crippen LogP contribution < -0.4 is 10.6 Å². The number of nitrogens with zero attached hydrogens (tertiary/aromatic N) is 2. The second kappa shape index (κ2) is 7.16. The summed E-state index contributed by atoms with van der Waals surface area (Å²) < 4.78 is 13.3. The molecule has 0 saturated heterocycles. The molecule has 0 bridgehead atoms. The van der Waals surface area contributed by atoms with Gasteiger partial charge in [-0.3, -0.25) is 9.59 Å². The van der Waals surface area contributed by atoms with Crippen molar-refractivity contribution in [3.8, 4) is 0 Å². The van der Waals surface area contributed by atoms with E-state index in [4.69, 9.17) is 0 Å². The molecular formula is C19H15FN4O2S. The van der Waals surface area contributed by atoms with Gasteiger partial charge in [0.2, 0.25) is 5.91 Å². The predicted octanol–water partition coefficient (Wildman–Crippen LogP) is 3.62. The van der Waals surface area contributed by atoms with Crippen LogP contribution in [-0.2, 0) is 11.3 Å². The Morgan fingerprint density at radius 2 is 2.07 bits per heavy atom. The van der Waals surface area contributed by atoms with Gasteiger partial charge in [-0.25, -0.2) is 9.37 Å². The maximum atomic E-state index is 13.3. The van der Waals surface area contributed by atoms with Gasteiger partial charge in [-0.1, -0.05) is 12.1 Å². The van der Waals surface area contributed by atoms with Crippen molar-refractivity contribution in [2.45, 2.75) is 6.54 Å². The molecule has 3 aromatic rings. The Balaban J connectivity index is 1.45. The van der Waals surface area contributed by atoms with Crippen LogP contribution in [0.4, 0.5) is 20.9 Å². The van der Waals surface area contributed by atoms with Crippen LogP contribution in [0.15, 0.2) is 54.0 Å². The third-order valence-electron chi connectivity index (χ3n) is 4.12. The Bertz CT molecular complexity index is 1010. The van der Waals surface area contributed by atoms with Crippen molar-refractivity contribution in [2.75, 3.05) is 17.2 Å². The van der Waals surface area contributed by atoms with Crippen LogP contribution in [0.3, 0.4) is 0 Å². The summed E-state index contributed by atoms with van der Waals surface area (Å²) >= 11 is 1.32. The van der Waals surface area contributed by atoms with Gasteiger partial charge in [0.25, 0.3) is 5.91 Å². The molecule has 6 nitrogen and oxygen atoms in total. The number of halogens is 1. The molecule has 0 saturated carbocycles. The number of carbonyl (C=O) groups is 2. The Morgan fingerprint density at radius 1 is 1.22 bits per heavy atom. The highest BCUT2D eigenvalue weighted by molar-refractivity contribution is 7.13. The SMILES string of the molecule is O=C(CN1Cc2ccc(Nc3cccc(F)c3)cc2C1=O)Nc1nccs1. The maximum absolute atomic E-state index is 13.3. The lowest BCUT2D eigenvalue weighted by molar-refractivity contribution is -0.116. The van der Waals surface area contributed by atoms with Gasteiger partial charge in [-0.05, 0) is 35.9 Å². The van der Waals surface area contributed by atoms with Crippen LogP contribution in [-0.4, -0.2) is 28.2 Å². The number of carbonyl (C=O) groups excluding carboxylic acids is 2. The summed E-state index contributed by atoms with van der Waals surface area (Å²) in [6.07, 6.45) is 1.60. The number of anilines is 3. The van der Waals surface area contributed by atoms with Crippen LogP contribution >= 0.6 is 11.3 Å². The minimum absolute atomic E-state index is 0.0419. The fourth-order valence-corrected chi connectivity index (χ4v) is 3.46. The first kappa shape index (κ1) is 17.2. The van der Waals surface area contributed by atoms with Gasteiger partial charge in [-0.15, -0.1) is 11.3 Å². The zero-order chi connectivity index (χ0) is 18.8. The lowest BCUT2D eigenvalue weighted by Crippen LogP contribution is -2.33. The quantitative estimate of drug-likeness (QED) is 0.707. The first-order valence-corrected chi connectivity index (χ1v) is 9.10. The summed E-state index contributed by atoms with van der Waals surface area (Å²) in [7, 11) is 0. The number of benzene rings is 2. The van der Waals surface area contributed by atoms with E-state index in [0.717, 1.165) is 5.56 Å². The Morgan fingerprint density at radius 3 is 2.85 bits per heavy atom. The monoisotopic (exact) mass is 382 g/mol. The van der Waals surface area contributed by atoms with Gasteiger partial charge < -0.3 is 15.5 Å². The van der Waals surface area contributed by atoms with E-state index in [9.17, 15) is 14.0 Å². The van der Waals surface area contributed by atoms with E-state index >= 15 is 0 Å². The van der Waals surface area contributed by atoms with Gasteiger partial charge in [0.1, 0.15) is 12.4 Å². The summed E-state index contributed by atoms with van der Waals surface area (Å²) in [5.41, 5.74) is 2.67. The van der Waals surface area contributed by atoms with Crippen molar-refractivity contribution in [2.24, 2.45) is 0 Å². The van der Waals surface area contributed by atoms with Crippen LogP contribution in [0.25, 0.3) is 0 Å². The lowest BCUT2D eigenvalue weighted by Gasteiger charge is -2.14. The molecule has 8 heteroatoms. The molecule has 136 valence electrons. The highest BCUT2D eigenvalue weighted by Gasteiger charge is 2.29. The Hall–Kier alpha value is -3.26. The van der Waals surface area contributed by atoms with E-state index < -0.39 is 0 Å². The first-order valence-electron chi connectivity index (χ1n) is 8.22. The molecule has 2 heterocycles. The third-order valence-corrected chi connectivity index (χ3v) is 4.80. The molecule has 1 aliphatic rings. The molecule has 2 aromatic carbocycles. The van der Waals surface area contributed by atoms with E-state index in [1.54, 1.807) is 29.8 Å². The van der Waals surface area contributed by atoms with Gasteiger partial charge in [0.05, 0.1) is 0 Å². The van der Waals surface area contributed by atoms with E-state index in [-0.39, 0.29) is 24.2 Å². The fraction of sp³-hybridized carbons (Fsp3) is 0.105. The molecule has 2 N–H and O–H groups in total. The van der Waals surface area contributed by atoms with Gasteiger partial charge in [0.15, 0.2) is 5.13 Å². The summed E-state index contributed by atoms with van der Waals surface area (Å²) in [6, 6.07) is 11.5. The summed E-state index contributed by atoms with van der Waals surface area (Å²) in [5, 5.41) is 8.02. The zero-order valence-corrected chi connectivity index (χ0v) is 14.9. The highest BCUT2D eigenvalue weighted by Crippen LogP contribution is 2.27. The topological polar surface area (TPSA) is 74.3 Å². The summed E-state index contributed by atoms with van der Waals surface area (Å²) in [4.78, 5) is 30.2. The second-order valence-electron chi connectivity index (χ2n) is 6.05. The smallest absolute Gasteiger partial charge is 0.255 e. The molecule has 0 unspecified atom stereocenters. The molecule has 1 aromatic heterocycles.